The van der Waals surface area contributed by atoms with Crippen LogP contribution in [0.15, 0.2) is 0 Å². The first-order chi connectivity index (χ1) is 7.35. The van der Waals surface area contributed by atoms with E-state index in [2.05, 4.69) is 33.9 Å². The van der Waals surface area contributed by atoms with Gasteiger partial charge in [-0.05, 0) is 18.9 Å². The summed E-state index contributed by atoms with van der Waals surface area (Å²) >= 11 is 0. The third-order valence-corrected chi connectivity index (χ3v) is 9.72. The minimum atomic E-state index is -2.10. The minimum absolute atomic E-state index is 0.0171. The maximum Gasteiger partial charge on any atom is 0.326 e. The van der Waals surface area contributed by atoms with Crippen molar-refractivity contribution in [2.45, 2.75) is 58.8 Å². The summed E-state index contributed by atoms with van der Waals surface area (Å²) < 4.78 is 1.66. The Morgan fingerprint density at radius 1 is 1.35 bits per heavy atom. The summed E-state index contributed by atoms with van der Waals surface area (Å²) in [5.74, 6) is -0.907. The number of carboxylic acid groups (broad SMARTS) is 1. The summed E-state index contributed by atoms with van der Waals surface area (Å²) in [6.07, 6.45) is 0. The van der Waals surface area contributed by atoms with Crippen LogP contribution in [0.2, 0.25) is 18.1 Å². The van der Waals surface area contributed by atoms with E-state index in [1.807, 2.05) is 0 Å². The number of carboxylic acids is 1. The van der Waals surface area contributed by atoms with Crippen molar-refractivity contribution >= 4 is 20.1 Å². The maximum absolute atomic E-state index is 12.2. The molecule has 1 aliphatic rings. The lowest BCUT2D eigenvalue weighted by Crippen LogP contribution is -2.78. The van der Waals surface area contributed by atoms with Gasteiger partial charge in [0.2, 0.25) is 5.91 Å². The van der Waals surface area contributed by atoms with Gasteiger partial charge in [-0.2, -0.15) is 0 Å². The Morgan fingerprint density at radius 2 is 1.76 bits per heavy atom. The molecule has 5 heteroatoms. The zero-order chi connectivity index (χ0) is 13.8. The number of carbonyl (C=O) groups is 2. The number of carbonyl (C=O) groups excluding carboxylic acids is 1. The Morgan fingerprint density at radius 3 is 2.06 bits per heavy atom. The summed E-state index contributed by atoms with van der Waals surface area (Å²) in [7, 11) is -2.10. The zero-order valence-electron chi connectivity index (χ0n) is 11.8. The van der Waals surface area contributed by atoms with Crippen LogP contribution in [-0.4, -0.2) is 35.8 Å². The molecule has 1 saturated heterocycles. The second kappa shape index (κ2) is 3.57. The molecule has 4 nitrogen and oxygen atoms in total. The minimum Gasteiger partial charge on any atom is -0.480 e. The lowest BCUT2D eigenvalue weighted by molar-refractivity contribution is -0.172. The van der Waals surface area contributed by atoms with Gasteiger partial charge in [-0.25, -0.2) is 4.79 Å². The lowest BCUT2D eigenvalue weighted by Gasteiger charge is -2.60. The van der Waals surface area contributed by atoms with E-state index in [1.165, 1.54) is 0 Å². The zero-order valence-corrected chi connectivity index (χ0v) is 12.8. The van der Waals surface area contributed by atoms with Crippen LogP contribution in [-0.2, 0) is 9.59 Å². The van der Waals surface area contributed by atoms with Gasteiger partial charge in [-0.1, -0.05) is 33.9 Å². The van der Waals surface area contributed by atoms with E-state index in [-0.39, 0.29) is 10.9 Å². The Kier molecular flexibility index (Phi) is 2.99. The number of hydrogen-bond donors (Lipinski definition) is 1. The van der Waals surface area contributed by atoms with Gasteiger partial charge in [-0.3, -0.25) is 4.79 Å². The van der Waals surface area contributed by atoms with Crippen LogP contribution in [0.1, 0.15) is 34.6 Å². The SMILES string of the molecule is CC1(C)C(=O)N([Si](C)(C)C(C)(C)C)[C@H]1C(=O)O. The first-order valence-electron chi connectivity index (χ1n) is 5.91. The van der Waals surface area contributed by atoms with Crippen molar-refractivity contribution in [3.63, 3.8) is 0 Å². The van der Waals surface area contributed by atoms with Crippen molar-refractivity contribution in [1.29, 1.82) is 0 Å². The van der Waals surface area contributed by atoms with Crippen LogP contribution in [0.25, 0.3) is 0 Å². The van der Waals surface area contributed by atoms with Crippen molar-refractivity contribution in [2.75, 3.05) is 0 Å². The van der Waals surface area contributed by atoms with Crippen LogP contribution in [0.4, 0.5) is 0 Å². The van der Waals surface area contributed by atoms with E-state index in [4.69, 9.17) is 0 Å². The molecule has 0 spiro atoms. The monoisotopic (exact) mass is 257 g/mol. The summed E-state index contributed by atoms with van der Waals surface area (Å²) in [5, 5.41) is 9.28. The molecule has 0 unspecified atom stereocenters. The number of rotatable bonds is 2. The number of aliphatic carboxylic acids is 1. The molecule has 0 aromatic heterocycles. The van der Waals surface area contributed by atoms with Gasteiger partial charge in [0.15, 0.2) is 8.24 Å². The summed E-state index contributed by atoms with van der Waals surface area (Å²) in [5.41, 5.74) is -0.763. The molecule has 1 rings (SSSR count). The molecular formula is C12H23NO3Si. The molecule has 17 heavy (non-hydrogen) atoms. The Hall–Kier alpha value is -0.843. The van der Waals surface area contributed by atoms with Gasteiger partial charge in [-0.15, -0.1) is 0 Å². The highest BCUT2D eigenvalue weighted by Gasteiger charge is 2.64. The van der Waals surface area contributed by atoms with E-state index in [0.29, 0.717) is 0 Å². The largest absolute Gasteiger partial charge is 0.480 e. The number of amides is 1. The van der Waals surface area contributed by atoms with E-state index >= 15 is 0 Å². The normalized spacial score (nSPS) is 24.5. The number of nitrogens with zero attached hydrogens (tertiary/aromatic N) is 1. The first kappa shape index (κ1) is 14.2. The van der Waals surface area contributed by atoms with E-state index in [1.54, 1.807) is 18.4 Å². The highest BCUT2D eigenvalue weighted by molar-refractivity contribution is 6.80. The molecule has 1 amide bonds. The van der Waals surface area contributed by atoms with Gasteiger partial charge in [0.05, 0.1) is 5.41 Å². The molecule has 1 aliphatic heterocycles. The van der Waals surface area contributed by atoms with E-state index in [9.17, 15) is 14.7 Å². The van der Waals surface area contributed by atoms with Crippen molar-refractivity contribution in [3.8, 4) is 0 Å². The molecule has 0 radical (unpaired) electrons. The first-order valence-corrected chi connectivity index (χ1v) is 8.86. The summed E-state index contributed by atoms with van der Waals surface area (Å²) in [4.78, 5) is 23.5. The Labute approximate surface area is 104 Å². The van der Waals surface area contributed by atoms with E-state index in [0.717, 1.165) is 0 Å². The van der Waals surface area contributed by atoms with Crippen LogP contribution >= 0.6 is 0 Å². The van der Waals surface area contributed by atoms with Crippen molar-refractivity contribution in [1.82, 2.24) is 4.57 Å². The molecule has 1 heterocycles. The summed E-state index contributed by atoms with van der Waals surface area (Å²) in [6, 6.07) is -0.670. The molecule has 0 aliphatic carbocycles. The van der Waals surface area contributed by atoms with Crippen molar-refractivity contribution < 1.29 is 14.7 Å². The topological polar surface area (TPSA) is 57.6 Å². The lowest BCUT2D eigenvalue weighted by atomic mass is 9.76. The molecule has 98 valence electrons. The fraction of sp³-hybridized carbons (Fsp3) is 0.833. The Bertz CT molecular complexity index is 368. The van der Waals surface area contributed by atoms with Gasteiger partial charge < -0.3 is 9.67 Å². The van der Waals surface area contributed by atoms with Gasteiger partial charge in [0, 0.05) is 0 Å². The highest BCUT2D eigenvalue weighted by Crippen LogP contribution is 2.49. The van der Waals surface area contributed by atoms with Gasteiger partial charge in [0.1, 0.15) is 6.04 Å². The second-order valence-electron chi connectivity index (χ2n) is 6.95. The standard InChI is InChI=1S/C12H23NO3Si/c1-11(2,3)17(6,7)13-8(9(14)15)12(4,5)10(13)16/h8H,1-7H3,(H,14,15)/t8-/m0/s1. The third kappa shape index (κ3) is 1.80. The molecule has 0 bridgehead atoms. The number of hydrogen-bond acceptors (Lipinski definition) is 2. The molecule has 0 aromatic carbocycles. The number of β-lactam (4-membered cyclic amide) rings is 1. The second-order valence-corrected chi connectivity index (χ2v) is 12.0. The van der Waals surface area contributed by atoms with Crippen molar-refractivity contribution in [2.24, 2.45) is 5.41 Å². The van der Waals surface area contributed by atoms with Crippen LogP contribution in [0.5, 0.6) is 0 Å². The van der Waals surface area contributed by atoms with Crippen molar-refractivity contribution in [3.05, 3.63) is 0 Å². The molecule has 0 saturated carbocycles. The predicted molar refractivity (Wildman–Crippen MR) is 69.2 cm³/mol. The quantitative estimate of drug-likeness (QED) is 0.610. The fourth-order valence-corrected chi connectivity index (χ4v) is 4.76. The molecule has 1 N–H and O–H groups in total. The molecular weight excluding hydrogens is 234 g/mol. The molecule has 1 atom stereocenters. The van der Waals surface area contributed by atoms with Crippen LogP contribution < -0.4 is 0 Å². The smallest absolute Gasteiger partial charge is 0.326 e. The fourth-order valence-electron chi connectivity index (χ4n) is 2.16. The molecule has 1 fully saturated rings. The maximum atomic E-state index is 12.2. The average molecular weight is 257 g/mol. The van der Waals surface area contributed by atoms with Gasteiger partial charge in [0.25, 0.3) is 0 Å². The third-order valence-electron chi connectivity index (χ3n) is 4.38. The average Bonchev–Trinajstić information content (AvgIpc) is 2.09. The summed E-state index contributed by atoms with van der Waals surface area (Å²) in [6.45, 7) is 13.8. The van der Waals surface area contributed by atoms with Crippen LogP contribution in [0, 0.1) is 5.41 Å². The highest BCUT2D eigenvalue weighted by atomic mass is 28.3. The van der Waals surface area contributed by atoms with Crippen LogP contribution in [0.3, 0.4) is 0 Å². The van der Waals surface area contributed by atoms with E-state index < -0.39 is 25.7 Å². The predicted octanol–water partition coefficient (Wildman–Crippen LogP) is 2.31. The molecule has 0 aromatic rings. The Balaban J connectivity index is 3.17. The van der Waals surface area contributed by atoms with Gasteiger partial charge >= 0.3 is 5.97 Å².